The third-order valence-corrected chi connectivity index (χ3v) is 17.2. The Labute approximate surface area is 432 Å². The zero-order valence-electron chi connectivity index (χ0n) is 41.7. The van der Waals surface area contributed by atoms with E-state index in [4.69, 9.17) is 15.0 Å². The second-order valence-electron chi connectivity index (χ2n) is 20.4. The number of fused-ring (bicyclic) bond motifs is 4. The summed E-state index contributed by atoms with van der Waals surface area (Å²) in [5.41, 5.74) is 12.4. The van der Waals surface area contributed by atoms with E-state index in [1.807, 2.05) is 13.3 Å². The fraction of sp³-hybridized carbons (Fsp3) is 0.116. The smallest absolute Gasteiger partial charge is 0.165 e. The van der Waals surface area contributed by atoms with E-state index in [9.17, 15) is 4.57 Å². The first kappa shape index (κ1) is 45.6. The minimum absolute atomic E-state index is 0.147. The molecule has 4 nitrogen and oxygen atoms in total. The lowest BCUT2D eigenvalue weighted by Crippen LogP contribution is -2.30. The van der Waals surface area contributed by atoms with E-state index in [1.54, 1.807) is 0 Å². The van der Waals surface area contributed by atoms with Crippen LogP contribution in [0.3, 0.4) is 0 Å². The van der Waals surface area contributed by atoms with Gasteiger partial charge in [-0.15, -0.1) is 0 Å². The molecule has 0 aliphatic heterocycles. The first-order valence-corrected chi connectivity index (χ1v) is 28.5. The highest BCUT2D eigenvalue weighted by Gasteiger charge is 2.36. The molecule has 0 amide bonds. The van der Waals surface area contributed by atoms with Crippen molar-refractivity contribution in [2.24, 2.45) is 0 Å². The maximum absolute atomic E-state index is 13.9. The van der Waals surface area contributed by atoms with Crippen LogP contribution in [0.1, 0.15) is 43.2 Å². The van der Waals surface area contributed by atoms with E-state index in [-0.39, 0.29) is 5.41 Å². The maximum atomic E-state index is 13.9. The standard InChI is InChI=1S/C69H54N3OP/c1-74(2,73)65-60-33-16-14-31-58(60)63(59-32-15-17-34-61(59)65)48-35-39-52(40-36-48)69(43-18-5-19-44-69)53-41-37-49(38-42-53)66-70-67(51-26-20-25-50(45-51)46-21-6-3-7-22-46)72-68(71-66)64-56-29-12-10-27-54(56)62(47-23-8-4-9-24-47)55-28-11-13-30-57(55)64/h3-4,6-17,20-42,45H,5,18-19,43-44H2,1-2H3. The molecule has 0 saturated heterocycles. The van der Waals surface area contributed by atoms with Gasteiger partial charge < -0.3 is 4.57 Å². The minimum Gasteiger partial charge on any atom is -0.319 e. The zero-order valence-corrected chi connectivity index (χ0v) is 42.6. The van der Waals surface area contributed by atoms with Gasteiger partial charge in [0.15, 0.2) is 17.5 Å². The lowest BCUT2D eigenvalue weighted by Gasteiger charge is -2.39. The Bertz CT molecular complexity index is 4030. The summed E-state index contributed by atoms with van der Waals surface area (Å²) in [6.45, 7) is 3.79. The number of hydrogen-bond donors (Lipinski definition) is 0. The monoisotopic (exact) mass is 971 g/mol. The van der Waals surface area contributed by atoms with Crippen molar-refractivity contribution in [2.75, 3.05) is 13.3 Å². The number of rotatable bonds is 9. The van der Waals surface area contributed by atoms with Crippen LogP contribution in [0.25, 0.3) is 111 Å². The summed E-state index contributed by atoms with van der Waals surface area (Å²) in [4.78, 5) is 16.2. The second kappa shape index (κ2) is 18.6. The van der Waals surface area contributed by atoms with Crippen molar-refractivity contribution < 1.29 is 4.57 Å². The van der Waals surface area contributed by atoms with Crippen molar-refractivity contribution in [3.8, 4) is 67.5 Å². The predicted molar refractivity (Wildman–Crippen MR) is 312 cm³/mol. The lowest BCUT2D eigenvalue weighted by atomic mass is 9.65. The highest BCUT2D eigenvalue weighted by atomic mass is 31.2. The van der Waals surface area contributed by atoms with Crippen molar-refractivity contribution in [2.45, 2.75) is 37.5 Å². The molecule has 1 heterocycles. The molecule has 5 heteroatoms. The average Bonchev–Trinajstić information content (AvgIpc) is 3.46. The zero-order chi connectivity index (χ0) is 49.8. The molecule has 0 spiro atoms. The van der Waals surface area contributed by atoms with Gasteiger partial charge in [0.05, 0.1) is 0 Å². The topological polar surface area (TPSA) is 55.7 Å². The largest absolute Gasteiger partial charge is 0.319 e. The minimum atomic E-state index is -2.60. The average molecular weight is 972 g/mol. The summed E-state index contributed by atoms with van der Waals surface area (Å²) in [6, 6.07) is 82.7. The molecule has 1 saturated carbocycles. The Morgan fingerprint density at radius 1 is 0.324 bits per heavy atom. The summed E-state index contributed by atoms with van der Waals surface area (Å²) in [5.74, 6) is 1.91. The summed E-state index contributed by atoms with van der Waals surface area (Å²) in [6.07, 6.45) is 5.72. The summed E-state index contributed by atoms with van der Waals surface area (Å²) in [5, 5.41) is 9.89. The normalized spacial score (nSPS) is 13.7. The third-order valence-electron chi connectivity index (χ3n) is 15.7. The van der Waals surface area contributed by atoms with Crippen LogP contribution in [0.2, 0.25) is 0 Å². The molecular weight excluding hydrogens is 918 g/mol. The number of aromatic nitrogens is 3. The van der Waals surface area contributed by atoms with Gasteiger partial charge in [-0.05, 0) is 120 Å². The van der Waals surface area contributed by atoms with Crippen LogP contribution < -0.4 is 5.30 Å². The van der Waals surface area contributed by atoms with Crippen molar-refractivity contribution in [1.29, 1.82) is 0 Å². The molecule has 0 radical (unpaired) electrons. The molecule has 0 bridgehead atoms. The van der Waals surface area contributed by atoms with Crippen molar-refractivity contribution in [1.82, 2.24) is 15.0 Å². The lowest BCUT2D eigenvalue weighted by molar-refractivity contribution is 0.346. The fourth-order valence-corrected chi connectivity index (χ4v) is 13.8. The van der Waals surface area contributed by atoms with Crippen LogP contribution in [-0.4, -0.2) is 28.3 Å². The Hall–Kier alpha value is -8.30. The van der Waals surface area contributed by atoms with Crippen molar-refractivity contribution in [3.63, 3.8) is 0 Å². The Balaban J connectivity index is 0.946. The molecule has 1 aliphatic carbocycles. The summed E-state index contributed by atoms with van der Waals surface area (Å²) >= 11 is 0. The first-order chi connectivity index (χ1) is 36.3. The molecule has 1 aromatic heterocycles. The summed E-state index contributed by atoms with van der Waals surface area (Å²) < 4.78 is 13.9. The molecule has 74 heavy (non-hydrogen) atoms. The Morgan fingerprint density at radius 2 is 0.689 bits per heavy atom. The van der Waals surface area contributed by atoms with Gasteiger partial charge in [-0.25, -0.2) is 15.0 Å². The molecule has 11 aromatic carbocycles. The third kappa shape index (κ3) is 7.93. The van der Waals surface area contributed by atoms with Crippen molar-refractivity contribution >= 4 is 55.5 Å². The summed E-state index contributed by atoms with van der Waals surface area (Å²) in [7, 11) is -2.60. The number of hydrogen-bond acceptors (Lipinski definition) is 4. The van der Waals surface area contributed by atoms with Crippen LogP contribution >= 0.6 is 7.14 Å². The molecule has 0 unspecified atom stereocenters. The van der Waals surface area contributed by atoms with Gasteiger partial charge in [0.2, 0.25) is 0 Å². The van der Waals surface area contributed by atoms with Crippen molar-refractivity contribution in [3.05, 3.63) is 242 Å². The Kier molecular flexibility index (Phi) is 11.5. The molecule has 356 valence electrons. The predicted octanol–water partition coefficient (Wildman–Crippen LogP) is 18.0. The van der Waals surface area contributed by atoms with Gasteiger partial charge in [-0.1, -0.05) is 244 Å². The van der Waals surface area contributed by atoms with E-state index in [0.29, 0.717) is 17.5 Å². The SMILES string of the molecule is CP(C)(=O)c1c2ccccc2c(-c2ccc(C3(c4ccc(-c5nc(-c6cccc(-c7ccccc7)c6)nc(-c6c7ccccc7c(-c7ccccc7)c7ccccc67)n5)cc4)CCCCC3)cc2)c2ccccc12. The van der Waals surface area contributed by atoms with Crippen LogP contribution in [0.5, 0.6) is 0 Å². The second-order valence-corrected chi connectivity index (χ2v) is 23.6. The van der Waals surface area contributed by atoms with E-state index in [2.05, 4.69) is 231 Å². The first-order valence-electron chi connectivity index (χ1n) is 25.9. The number of benzene rings is 11. The fourth-order valence-electron chi connectivity index (χ4n) is 12.3. The van der Waals surface area contributed by atoms with Gasteiger partial charge >= 0.3 is 0 Å². The van der Waals surface area contributed by atoms with Gasteiger partial charge in [-0.2, -0.15) is 0 Å². The van der Waals surface area contributed by atoms with Gasteiger partial charge in [-0.3, -0.25) is 0 Å². The van der Waals surface area contributed by atoms with Crippen LogP contribution in [0.4, 0.5) is 0 Å². The van der Waals surface area contributed by atoms with Crippen LogP contribution in [0.15, 0.2) is 231 Å². The van der Waals surface area contributed by atoms with E-state index in [0.717, 1.165) is 89.1 Å². The maximum Gasteiger partial charge on any atom is 0.165 e. The molecule has 1 aliphatic rings. The van der Waals surface area contributed by atoms with E-state index >= 15 is 0 Å². The molecule has 1 fully saturated rings. The van der Waals surface area contributed by atoms with E-state index in [1.165, 1.54) is 52.6 Å². The van der Waals surface area contributed by atoms with E-state index < -0.39 is 7.14 Å². The van der Waals surface area contributed by atoms with Crippen LogP contribution in [0, 0.1) is 0 Å². The number of nitrogens with zero attached hydrogens (tertiary/aromatic N) is 3. The van der Waals surface area contributed by atoms with Gasteiger partial charge in [0.1, 0.15) is 7.14 Å². The highest BCUT2D eigenvalue weighted by molar-refractivity contribution is 7.71. The molecule has 0 atom stereocenters. The van der Waals surface area contributed by atoms with Gasteiger partial charge in [0, 0.05) is 27.4 Å². The Morgan fingerprint density at radius 3 is 1.19 bits per heavy atom. The molecule has 0 N–H and O–H groups in total. The highest BCUT2D eigenvalue weighted by Crippen LogP contribution is 2.49. The molecule has 13 rings (SSSR count). The van der Waals surface area contributed by atoms with Gasteiger partial charge in [0.25, 0.3) is 0 Å². The molecular formula is C69H54N3OP. The quantitative estimate of drug-likeness (QED) is 0.107. The molecule has 12 aromatic rings. The van der Waals surface area contributed by atoms with Crippen LogP contribution in [-0.2, 0) is 9.98 Å².